The number of benzene rings is 2. The van der Waals surface area contributed by atoms with Crippen LogP contribution in [0.2, 0.25) is 10.0 Å². The highest BCUT2D eigenvalue weighted by molar-refractivity contribution is 9.10. The Bertz CT molecular complexity index is 628. The highest BCUT2D eigenvalue weighted by Crippen LogP contribution is 2.32. The summed E-state index contributed by atoms with van der Waals surface area (Å²) in [7, 11) is 0. The number of hydrogen-bond donors (Lipinski definition) is 1. The Morgan fingerprint density at radius 1 is 1.14 bits per heavy atom. The van der Waals surface area contributed by atoms with Gasteiger partial charge in [0.05, 0.1) is 6.04 Å². The average molecular weight is 387 g/mol. The zero-order chi connectivity index (χ0) is 15.4. The smallest absolute Gasteiger partial charge is 0.0591 e. The Hall–Kier alpha value is -0.540. The van der Waals surface area contributed by atoms with Crippen LogP contribution in [-0.2, 0) is 0 Å². The van der Waals surface area contributed by atoms with Gasteiger partial charge in [0.15, 0.2) is 0 Å². The maximum Gasteiger partial charge on any atom is 0.0591 e. The van der Waals surface area contributed by atoms with Gasteiger partial charge in [-0.2, -0.15) is 0 Å². The Morgan fingerprint density at radius 2 is 1.90 bits per heavy atom. The molecule has 2 aromatic carbocycles. The lowest BCUT2D eigenvalue weighted by molar-refractivity contribution is 0.598. The molecule has 0 aliphatic rings. The van der Waals surface area contributed by atoms with Crippen molar-refractivity contribution in [3.63, 3.8) is 0 Å². The normalized spacial score (nSPS) is 12.4. The van der Waals surface area contributed by atoms with Gasteiger partial charge in [-0.25, -0.2) is 0 Å². The van der Waals surface area contributed by atoms with Gasteiger partial charge in [0.25, 0.3) is 0 Å². The number of halogens is 3. The molecule has 0 saturated carbocycles. The van der Waals surface area contributed by atoms with E-state index < -0.39 is 0 Å². The summed E-state index contributed by atoms with van der Waals surface area (Å²) in [6, 6.07) is 12.1. The van der Waals surface area contributed by atoms with E-state index >= 15 is 0 Å². The molecule has 0 heterocycles. The third-order valence-corrected chi connectivity index (χ3v) is 4.84. The molecule has 1 atom stereocenters. The van der Waals surface area contributed by atoms with E-state index in [1.54, 1.807) is 6.07 Å². The van der Waals surface area contributed by atoms with Gasteiger partial charge in [-0.3, -0.25) is 0 Å². The van der Waals surface area contributed by atoms with E-state index in [0.717, 1.165) is 23.0 Å². The summed E-state index contributed by atoms with van der Waals surface area (Å²) >= 11 is 15.9. The van der Waals surface area contributed by atoms with E-state index in [1.165, 1.54) is 11.1 Å². The highest BCUT2D eigenvalue weighted by atomic mass is 79.9. The molecule has 112 valence electrons. The minimum atomic E-state index is 0.0708. The van der Waals surface area contributed by atoms with Gasteiger partial charge in [0.2, 0.25) is 0 Å². The highest BCUT2D eigenvalue weighted by Gasteiger charge is 2.17. The molecule has 0 aromatic heterocycles. The van der Waals surface area contributed by atoms with Gasteiger partial charge in [0.1, 0.15) is 0 Å². The molecule has 0 saturated heterocycles. The zero-order valence-electron chi connectivity index (χ0n) is 12.1. The lowest BCUT2D eigenvalue weighted by Crippen LogP contribution is -2.23. The van der Waals surface area contributed by atoms with Gasteiger partial charge in [-0.1, -0.05) is 64.3 Å². The molecule has 1 nitrogen and oxygen atoms in total. The quantitative estimate of drug-likeness (QED) is 0.649. The number of nitrogens with one attached hydrogen (secondary N) is 1. The standard InChI is InChI=1S/C17H18BrCl2N/c1-3-8-21-17(12-4-7-15(18)11(2)9-12)14-6-5-13(19)10-16(14)20/h4-7,9-10,17,21H,3,8H2,1-2H3. The predicted octanol–water partition coefficient (Wildman–Crippen LogP) is 6.15. The molecule has 21 heavy (non-hydrogen) atoms. The summed E-state index contributed by atoms with van der Waals surface area (Å²) in [5.41, 5.74) is 3.46. The van der Waals surface area contributed by atoms with Gasteiger partial charge < -0.3 is 5.32 Å². The molecule has 0 radical (unpaired) electrons. The molecular formula is C17H18BrCl2N. The Labute approximate surface area is 144 Å². The molecule has 4 heteroatoms. The Kier molecular flexibility index (Phi) is 6.12. The van der Waals surface area contributed by atoms with Crippen molar-refractivity contribution in [1.82, 2.24) is 5.32 Å². The van der Waals surface area contributed by atoms with Gasteiger partial charge in [-0.05, 0) is 54.8 Å². The van der Waals surface area contributed by atoms with Crippen LogP contribution in [0.4, 0.5) is 0 Å². The summed E-state index contributed by atoms with van der Waals surface area (Å²) in [6.07, 6.45) is 1.07. The first-order valence-corrected chi connectivity index (χ1v) is 8.52. The fourth-order valence-corrected chi connectivity index (χ4v) is 3.04. The zero-order valence-corrected chi connectivity index (χ0v) is 15.2. The Morgan fingerprint density at radius 3 is 2.52 bits per heavy atom. The van der Waals surface area contributed by atoms with Crippen molar-refractivity contribution in [3.8, 4) is 0 Å². The van der Waals surface area contributed by atoms with Crippen LogP contribution < -0.4 is 5.32 Å². The first kappa shape index (κ1) is 16.8. The van der Waals surface area contributed by atoms with E-state index in [-0.39, 0.29) is 6.04 Å². The summed E-state index contributed by atoms with van der Waals surface area (Å²) < 4.78 is 1.11. The van der Waals surface area contributed by atoms with Crippen molar-refractivity contribution in [3.05, 3.63) is 67.6 Å². The molecule has 2 aromatic rings. The summed E-state index contributed by atoms with van der Waals surface area (Å²) in [6.45, 7) is 5.17. The van der Waals surface area contributed by atoms with Crippen LogP contribution >= 0.6 is 39.1 Å². The number of hydrogen-bond acceptors (Lipinski definition) is 1. The minimum absolute atomic E-state index is 0.0708. The van der Waals surface area contributed by atoms with Crippen LogP contribution in [0.3, 0.4) is 0 Å². The van der Waals surface area contributed by atoms with Gasteiger partial charge in [-0.15, -0.1) is 0 Å². The second-order valence-electron chi connectivity index (χ2n) is 5.06. The second-order valence-corrected chi connectivity index (χ2v) is 6.76. The van der Waals surface area contributed by atoms with Crippen molar-refractivity contribution >= 4 is 39.1 Å². The fraction of sp³-hybridized carbons (Fsp3) is 0.294. The maximum absolute atomic E-state index is 6.39. The molecule has 0 bridgehead atoms. The molecule has 1 unspecified atom stereocenters. The third kappa shape index (κ3) is 4.23. The SMILES string of the molecule is CCCNC(c1ccc(Br)c(C)c1)c1ccc(Cl)cc1Cl. The van der Waals surface area contributed by atoms with E-state index in [1.807, 2.05) is 12.1 Å². The van der Waals surface area contributed by atoms with Crippen molar-refractivity contribution in [2.75, 3.05) is 6.54 Å². The van der Waals surface area contributed by atoms with Crippen LogP contribution in [0.15, 0.2) is 40.9 Å². The molecular weight excluding hydrogens is 369 g/mol. The third-order valence-electron chi connectivity index (χ3n) is 3.39. The molecule has 0 amide bonds. The van der Waals surface area contributed by atoms with Crippen molar-refractivity contribution < 1.29 is 0 Å². The molecule has 0 fully saturated rings. The fourth-order valence-electron chi connectivity index (χ4n) is 2.28. The summed E-state index contributed by atoms with van der Waals surface area (Å²) in [5.74, 6) is 0. The first-order valence-electron chi connectivity index (χ1n) is 6.97. The first-order chi connectivity index (χ1) is 10.0. The average Bonchev–Trinajstić information content (AvgIpc) is 2.44. The topological polar surface area (TPSA) is 12.0 Å². The molecule has 2 rings (SSSR count). The lowest BCUT2D eigenvalue weighted by Gasteiger charge is -2.21. The molecule has 0 aliphatic heterocycles. The van der Waals surface area contributed by atoms with E-state index in [2.05, 4.69) is 53.3 Å². The largest absolute Gasteiger partial charge is 0.306 e. The lowest BCUT2D eigenvalue weighted by atomic mass is 9.97. The van der Waals surface area contributed by atoms with Crippen molar-refractivity contribution in [2.45, 2.75) is 26.3 Å². The van der Waals surface area contributed by atoms with Crippen LogP contribution in [-0.4, -0.2) is 6.54 Å². The maximum atomic E-state index is 6.39. The van der Waals surface area contributed by atoms with Crippen molar-refractivity contribution in [2.24, 2.45) is 0 Å². The van der Waals surface area contributed by atoms with Crippen LogP contribution in [0, 0.1) is 6.92 Å². The van der Waals surface area contributed by atoms with E-state index in [4.69, 9.17) is 23.2 Å². The summed E-state index contributed by atoms with van der Waals surface area (Å²) in [4.78, 5) is 0. The van der Waals surface area contributed by atoms with E-state index in [9.17, 15) is 0 Å². The Balaban J connectivity index is 2.44. The van der Waals surface area contributed by atoms with Crippen molar-refractivity contribution in [1.29, 1.82) is 0 Å². The van der Waals surface area contributed by atoms with Gasteiger partial charge in [0, 0.05) is 14.5 Å². The van der Waals surface area contributed by atoms with Crippen LogP contribution in [0.1, 0.15) is 36.1 Å². The summed E-state index contributed by atoms with van der Waals surface area (Å²) in [5, 5.41) is 4.91. The second kappa shape index (κ2) is 7.64. The monoisotopic (exact) mass is 385 g/mol. The van der Waals surface area contributed by atoms with E-state index in [0.29, 0.717) is 10.0 Å². The molecule has 1 N–H and O–H groups in total. The minimum Gasteiger partial charge on any atom is -0.306 e. The molecule has 0 aliphatic carbocycles. The van der Waals surface area contributed by atoms with Crippen LogP contribution in [0.25, 0.3) is 0 Å². The predicted molar refractivity (Wildman–Crippen MR) is 95.5 cm³/mol. The molecule has 0 spiro atoms. The van der Waals surface area contributed by atoms with Crippen LogP contribution in [0.5, 0.6) is 0 Å². The van der Waals surface area contributed by atoms with Gasteiger partial charge >= 0.3 is 0 Å². The number of rotatable bonds is 5. The number of aryl methyl sites for hydroxylation is 1.